The molecule has 27 heavy (non-hydrogen) atoms. The molecule has 1 aromatic heterocycles. The first-order valence-electron chi connectivity index (χ1n) is 9.47. The van der Waals surface area contributed by atoms with Crippen LogP contribution >= 0.6 is 0 Å². The van der Waals surface area contributed by atoms with E-state index in [0.717, 1.165) is 24.9 Å². The minimum absolute atomic E-state index is 0.0115. The number of likely N-dealkylation sites (tertiary alicyclic amines) is 2. The highest BCUT2D eigenvalue weighted by atomic mass is 16.3. The lowest BCUT2D eigenvalue weighted by molar-refractivity contribution is -0.127. The summed E-state index contributed by atoms with van der Waals surface area (Å²) < 4.78 is 5.22. The van der Waals surface area contributed by atoms with Crippen LogP contribution in [-0.2, 0) is 4.79 Å². The van der Waals surface area contributed by atoms with Crippen molar-refractivity contribution in [2.24, 2.45) is 5.41 Å². The van der Waals surface area contributed by atoms with Crippen LogP contribution in [0.2, 0.25) is 0 Å². The van der Waals surface area contributed by atoms with Crippen LogP contribution in [0.15, 0.2) is 59.2 Å². The van der Waals surface area contributed by atoms with Gasteiger partial charge >= 0.3 is 0 Å². The Hall–Kier alpha value is -2.82. The number of piperidine rings is 1. The zero-order valence-electron chi connectivity index (χ0n) is 15.3. The minimum atomic E-state index is -0.0539. The Morgan fingerprint density at radius 2 is 1.89 bits per heavy atom. The van der Waals surface area contributed by atoms with Crippen molar-refractivity contribution in [2.75, 3.05) is 26.2 Å². The zero-order valence-corrected chi connectivity index (χ0v) is 15.3. The molecule has 3 heterocycles. The van der Waals surface area contributed by atoms with Gasteiger partial charge in [0.2, 0.25) is 5.91 Å². The number of carbonyl (C=O) groups is 2. The van der Waals surface area contributed by atoms with Gasteiger partial charge in [0.25, 0.3) is 5.91 Å². The molecule has 2 aliphatic rings. The highest BCUT2D eigenvalue weighted by Crippen LogP contribution is 2.41. The summed E-state index contributed by atoms with van der Waals surface area (Å²) in [7, 11) is 0. The molecule has 5 nitrogen and oxygen atoms in total. The van der Waals surface area contributed by atoms with E-state index < -0.39 is 0 Å². The highest BCUT2D eigenvalue weighted by molar-refractivity contribution is 5.91. The second kappa shape index (κ2) is 7.43. The lowest BCUT2D eigenvalue weighted by Crippen LogP contribution is -2.44. The van der Waals surface area contributed by atoms with E-state index in [1.54, 1.807) is 12.1 Å². The van der Waals surface area contributed by atoms with Crippen molar-refractivity contribution in [3.8, 4) is 0 Å². The quantitative estimate of drug-likeness (QED) is 0.835. The van der Waals surface area contributed by atoms with Crippen LogP contribution in [0.1, 0.15) is 35.4 Å². The molecule has 2 saturated heterocycles. The number of furan rings is 1. The van der Waals surface area contributed by atoms with Gasteiger partial charge in [-0.25, -0.2) is 0 Å². The summed E-state index contributed by atoms with van der Waals surface area (Å²) in [6.07, 6.45) is 7.96. The Morgan fingerprint density at radius 1 is 1.11 bits per heavy atom. The first-order valence-corrected chi connectivity index (χ1v) is 9.47. The Labute approximate surface area is 159 Å². The van der Waals surface area contributed by atoms with Crippen molar-refractivity contribution in [1.82, 2.24) is 9.80 Å². The number of hydrogen-bond acceptors (Lipinski definition) is 3. The van der Waals surface area contributed by atoms with Crippen LogP contribution in [0, 0.1) is 5.41 Å². The van der Waals surface area contributed by atoms with Crippen molar-refractivity contribution in [2.45, 2.75) is 19.3 Å². The van der Waals surface area contributed by atoms with Gasteiger partial charge in [-0.3, -0.25) is 9.59 Å². The Bertz CT molecular complexity index is 819. The molecule has 0 aliphatic carbocycles. The van der Waals surface area contributed by atoms with Crippen LogP contribution < -0.4 is 0 Å². The highest BCUT2D eigenvalue weighted by Gasteiger charge is 2.45. The lowest BCUT2D eigenvalue weighted by atomic mass is 9.77. The summed E-state index contributed by atoms with van der Waals surface area (Å²) in [5.41, 5.74) is 1.15. The van der Waals surface area contributed by atoms with Crippen LogP contribution in [0.25, 0.3) is 6.08 Å². The first-order chi connectivity index (χ1) is 13.2. The fraction of sp³-hybridized carbons (Fsp3) is 0.364. The number of hydrogen-bond donors (Lipinski definition) is 0. The fourth-order valence-corrected chi connectivity index (χ4v) is 4.10. The smallest absolute Gasteiger partial charge is 0.289 e. The van der Waals surface area contributed by atoms with Crippen molar-refractivity contribution in [3.63, 3.8) is 0 Å². The summed E-state index contributed by atoms with van der Waals surface area (Å²) in [5, 5.41) is 0. The molecule has 2 aliphatic heterocycles. The number of rotatable bonds is 4. The predicted molar refractivity (Wildman–Crippen MR) is 103 cm³/mol. The van der Waals surface area contributed by atoms with E-state index in [2.05, 4.69) is 24.3 Å². The van der Waals surface area contributed by atoms with Gasteiger partial charge in [0, 0.05) is 38.0 Å². The molecule has 2 aromatic rings. The minimum Gasteiger partial charge on any atom is -0.459 e. The number of nitrogens with zero attached hydrogens (tertiary/aromatic N) is 2. The average molecular weight is 364 g/mol. The summed E-state index contributed by atoms with van der Waals surface area (Å²) >= 11 is 0. The fourth-order valence-electron chi connectivity index (χ4n) is 4.10. The molecule has 140 valence electrons. The first kappa shape index (κ1) is 17.6. The van der Waals surface area contributed by atoms with Crippen LogP contribution in [0.3, 0.4) is 0 Å². The third-order valence-electron chi connectivity index (χ3n) is 5.68. The standard InChI is InChI=1S/C22H24N2O3/c25-20-16-22(17-24(20)12-4-8-18-6-2-1-3-7-18)10-13-23(14-11-22)21(26)19-9-5-15-27-19/h1-9,15H,10-14,16-17H2. The molecule has 0 N–H and O–H groups in total. The molecular formula is C22H24N2O3. The molecule has 0 radical (unpaired) electrons. The number of amides is 2. The van der Waals surface area contributed by atoms with Gasteiger partial charge in [0.1, 0.15) is 0 Å². The molecule has 1 spiro atoms. The van der Waals surface area contributed by atoms with Gasteiger partial charge < -0.3 is 14.2 Å². The normalized spacial score (nSPS) is 19.3. The van der Waals surface area contributed by atoms with Gasteiger partial charge in [0.05, 0.1) is 6.26 Å². The number of carbonyl (C=O) groups excluding carboxylic acids is 2. The Kier molecular flexibility index (Phi) is 4.84. The summed E-state index contributed by atoms with van der Waals surface area (Å²) in [6.45, 7) is 2.79. The van der Waals surface area contributed by atoms with Gasteiger partial charge in [-0.05, 0) is 30.5 Å². The average Bonchev–Trinajstić information content (AvgIpc) is 3.32. The molecule has 4 rings (SSSR count). The third-order valence-corrected chi connectivity index (χ3v) is 5.68. The summed E-state index contributed by atoms with van der Waals surface area (Å²) in [4.78, 5) is 28.7. The topological polar surface area (TPSA) is 53.8 Å². The third kappa shape index (κ3) is 3.82. The monoisotopic (exact) mass is 364 g/mol. The van der Waals surface area contributed by atoms with Crippen molar-refractivity contribution < 1.29 is 14.0 Å². The Morgan fingerprint density at radius 3 is 2.59 bits per heavy atom. The zero-order chi connectivity index (χ0) is 18.7. The molecule has 0 saturated carbocycles. The largest absolute Gasteiger partial charge is 0.459 e. The molecule has 0 bridgehead atoms. The lowest BCUT2D eigenvalue weighted by Gasteiger charge is -2.38. The van der Waals surface area contributed by atoms with E-state index in [1.807, 2.05) is 28.0 Å². The maximum atomic E-state index is 12.5. The van der Waals surface area contributed by atoms with Gasteiger partial charge in [-0.2, -0.15) is 0 Å². The van der Waals surface area contributed by atoms with Crippen LogP contribution in [0.5, 0.6) is 0 Å². The van der Waals surface area contributed by atoms with E-state index in [-0.39, 0.29) is 17.2 Å². The molecular weight excluding hydrogens is 340 g/mol. The van der Waals surface area contributed by atoms with Crippen LogP contribution in [-0.4, -0.2) is 47.8 Å². The second-order valence-corrected chi connectivity index (χ2v) is 7.53. The predicted octanol–water partition coefficient (Wildman–Crippen LogP) is 3.45. The molecule has 1 aromatic carbocycles. The molecule has 0 atom stereocenters. The second-order valence-electron chi connectivity index (χ2n) is 7.53. The van der Waals surface area contributed by atoms with Gasteiger partial charge in [0.15, 0.2) is 5.76 Å². The maximum absolute atomic E-state index is 12.5. The van der Waals surface area contributed by atoms with Crippen molar-refractivity contribution >= 4 is 17.9 Å². The van der Waals surface area contributed by atoms with E-state index >= 15 is 0 Å². The van der Waals surface area contributed by atoms with E-state index in [9.17, 15) is 9.59 Å². The van der Waals surface area contributed by atoms with Crippen molar-refractivity contribution in [3.05, 3.63) is 66.1 Å². The Balaban J connectivity index is 1.32. The van der Waals surface area contributed by atoms with Gasteiger partial charge in [-0.15, -0.1) is 0 Å². The molecule has 2 amide bonds. The van der Waals surface area contributed by atoms with Crippen molar-refractivity contribution in [1.29, 1.82) is 0 Å². The SMILES string of the molecule is O=C1CC2(CCN(C(=O)c3ccco3)CC2)CN1CC=Cc1ccccc1. The van der Waals surface area contributed by atoms with E-state index in [4.69, 9.17) is 4.42 Å². The van der Waals surface area contributed by atoms with E-state index in [0.29, 0.717) is 31.8 Å². The summed E-state index contributed by atoms with van der Waals surface area (Å²) in [6, 6.07) is 13.5. The maximum Gasteiger partial charge on any atom is 0.289 e. The molecule has 2 fully saturated rings. The molecule has 0 unspecified atom stereocenters. The number of benzene rings is 1. The molecule has 5 heteroatoms. The summed E-state index contributed by atoms with van der Waals surface area (Å²) in [5.74, 6) is 0.557. The van der Waals surface area contributed by atoms with Gasteiger partial charge in [-0.1, -0.05) is 42.5 Å². The van der Waals surface area contributed by atoms with E-state index in [1.165, 1.54) is 6.26 Å². The van der Waals surface area contributed by atoms with Crippen LogP contribution in [0.4, 0.5) is 0 Å².